The predicted octanol–water partition coefficient (Wildman–Crippen LogP) is 3.08. The summed E-state index contributed by atoms with van der Waals surface area (Å²) >= 11 is 0. The van der Waals surface area contributed by atoms with E-state index in [2.05, 4.69) is 25.8 Å². The highest BCUT2D eigenvalue weighted by Gasteiger charge is 2.40. The number of benzene rings is 1. The molecule has 3 aromatic heterocycles. The van der Waals surface area contributed by atoms with Crippen LogP contribution in [0.25, 0.3) is 22.3 Å². The quantitative estimate of drug-likeness (QED) is 0.589. The number of nitrogens with one attached hydrogen (secondary N) is 1. The van der Waals surface area contributed by atoms with Crippen LogP contribution in [0.2, 0.25) is 0 Å². The molecule has 0 radical (unpaired) electrons. The maximum absolute atomic E-state index is 15.3. The van der Waals surface area contributed by atoms with Crippen molar-refractivity contribution in [1.82, 2.24) is 30.3 Å². The van der Waals surface area contributed by atoms with E-state index >= 15 is 8.78 Å². The summed E-state index contributed by atoms with van der Waals surface area (Å²) in [4.78, 5) is 9.50. The van der Waals surface area contributed by atoms with Gasteiger partial charge in [-0.25, -0.2) is 0 Å². The van der Waals surface area contributed by atoms with E-state index in [1.54, 1.807) is 36.5 Å². The molecule has 0 aliphatic carbocycles. The number of pyridine rings is 1. The van der Waals surface area contributed by atoms with Gasteiger partial charge in [-0.3, -0.25) is 4.98 Å². The van der Waals surface area contributed by atoms with Crippen molar-refractivity contribution >= 4 is 22.3 Å². The van der Waals surface area contributed by atoms with E-state index in [1.165, 1.54) is 12.1 Å². The molecule has 28 heavy (non-hydrogen) atoms. The number of nitrogens with zero attached hydrogens (tertiary/aromatic N) is 5. The Bertz CT molecular complexity index is 1240. The van der Waals surface area contributed by atoms with E-state index in [-0.39, 0.29) is 17.3 Å². The van der Waals surface area contributed by atoms with Crippen LogP contribution in [0, 0.1) is 0 Å². The molecule has 0 amide bonds. The molecule has 9 heteroatoms. The minimum atomic E-state index is -3.40. The van der Waals surface area contributed by atoms with Crippen molar-refractivity contribution in [2.75, 3.05) is 0 Å². The molecule has 1 unspecified atom stereocenters. The standard InChI is InChI=1S/C19H14F2N6O/c1-11-9-16(28-26-11)15-6-7-17-23-24-18(27(17)25-15)19(20,21)13-4-5-14-12(10-13)3-2-8-22-14/h2-11,26H,1H3. The summed E-state index contributed by atoms with van der Waals surface area (Å²) in [5, 5.41) is 12.4. The lowest BCUT2D eigenvalue weighted by Crippen LogP contribution is -2.20. The largest absolute Gasteiger partial charge is 0.406 e. The van der Waals surface area contributed by atoms with Gasteiger partial charge in [-0.05, 0) is 43.3 Å². The van der Waals surface area contributed by atoms with Crippen molar-refractivity contribution in [3.63, 3.8) is 0 Å². The number of hydrogen-bond donors (Lipinski definition) is 1. The fourth-order valence-corrected chi connectivity index (χ4v) is 3.11. The normalized spacial score (nSPS) is 17.1. The lowest BCUT2D eigenvalue weighted by atomic mass is 10.0. The Kier molecular flexibility index (Phi) is 3.59. The van der Waals surface area contributed by atoms with E-state index in [1.807, 2.05) is 13.0 Å². The summed E-state index contributed by atoms with van der Waals surface area (Å²) in [6, 6.07) is 11.0. The molecular weight excluding hydrogens is 366 g/mol. The van der Waals surface area contributed by atoms with Crippen molar-refractivity contribution in [2.24, 2.45) is 0 Å². The molecule has 1 aromatic carbocycles. The number of halogens is 2. The first-order valence-electron chi connectivity index (χ1n) is 8.63. The van der Waals surface area contributed by atoms with Crippen LogP contribution in [0.15, 0.2) is 54.7 Å². The average molecular weight is 380 g/mol. The van der Waals surface area contributed by atoms with E-state index in [9.17, 15) is 0 Å². The third-order valence-corrected chi connectivity index (χ3v) is 4.52. The summed E-state index contributed by atoms with van der Waals surface area (Å²) in [5.74, 6) is -3.49. The minimum Gasteiger partial charge on any atom is -0.406 e. The molecule has 140 valence electrons. The van der Waals surface area contributed by atoms with E-state index in [0.29, 0.717) is 22.4 Å². The van der Waals surface area contributed by atoms with Crippen molar-refractivity contribution in [3.8, 4) is 0 Å². The molecule has 1 aliphatic heterocycles. The second-order valence-electron chi connectivity index (χ2n) is 6.54. The molecule has 0 spiro atoms. The summed E-state index contributed by atoms with van der Waals surface area (Å²) in [6.07, 6.45) is 3.43. The van der Waals surface area contributed by atoms with Gasteiger partial charge in [0.1, 0.15) is 5.69 Å². The molecule has 4 heterocycles. The monoisotopic (exact) mass is 380 g/mol. The molecule has 5 rings (SSSR count). The predicted molar refractivity (Wildman–Crippen MR) is 97.2 cm³/mol. The zero-order chi connectivity index (χ0) is 19.3. The first-order chi connectivity index (χ1) is 13.5. The van der Waals surface area contributed by atoms with Gasteiger partial charge in [0.15, 0.2) is 11.4 Å². The van der Waals surface area contributed by atoms with Crippen LogP contribution in [0.3, 0.4) is 0 Å². The lowest BCUT2D eigenvalue weighted by Gasteiger charge is -2.15. The van der Waals surface area contributed by atoms with Crippen molar-refractivity contribution in [2.45, 2.75) is 18.9 Å². The molecule has 0 saturated heterocycles. The molecule has 7 nitrogen and oxygen atoms in total. The smallest absolute Gasteiger partial charge is 0.333 e. The van der Waals surface area contributed by atoms with Crippen molar-refractivity contribution in [3.05, 3.63) is 71.8 Å². The van der Waals surface area contributed by atoms with Crippen LogP contribution in [-0.2, 0) is 10.8 Å². The summed E-state index contributed by atoms with van der Waals surface area (Å²) in [5.41, 5.74) is 3.83. The molecular formula is C19H14F2N6O. The Morgan fingerprint density at radius 1 is 1.14 bits per heavy atom. The number of fused-ring (bicyclic) bond motifs is 2. The van der Waals surface area contributed by atoms with Gasteiger partial charge in [0.2, 0.25) is 5.82 Å². The fraction of sp³-hybridized carbons (Fsp3) is 0.158. The topological polar surface area (TPSA) is 77.2 Å². The third kappa shape index (κ3) is 2.59. The summed E-state index contributed by atoms with van der Waals surface area (Å²) in [6.45, 7) is 1.90. The number of alkyl halides is 2. The highest BCUT2D eigenvalue weighted by atomic mass is 19.3. The van der Waals surface area contributed by atoms with E-state index in [4.69, 9.17) is 4.84 Å². The van der Waals surface area contributed by atoms with Gasteiger partial charge in [0, 0.05) is 17.1 Å². The fourth-order valence-electron chi connectivity index (χ4n) is 3.11. The second kappa shape index (κ2) is 6.03. The highest BCUT2D eigenvalue weighted by molar-refractivity contribution is 5.79. The summed E-state index contributed by atoms with van der Waals surface area (Å²) < 4.78 is 31.7. The lowest BCUT2D eigenvalue weighted by molar-refractivity contribution is 0.0307. The Hall–Kier alpha value is -3.46. The average Bonchev–Trinajstić information content (AvgIpc) is 3.33. The maximum atomic E-state index is 15.3. The Balaban J connectivity index is 1.63. The third-order valence-electron chi connectivity index (χ3n) is 4.52. The first kappa shape index (κ1) is 16.7. The van der Waals surface area contributed by atoms with E-state index in [0.717, 1.165) is 4.52 Å². The van der Waals surface area contributed by atoms with Gasteiger partial charge in [0.05, 0.1) is 11.6 Å². The van der Waals surface area contributed by atoms with Gasteiger partial charge in [-0.15, -0.1) is 15.7 Å². The van der Waals surface area contributed by atoms with Gasteiger partial charge < -0.3 is 4.84 Å². The van der Waals surface area contributed by atoms with Gasteiger partial charge in [0.25, 0.3) is 0 Å². The van der Waals surface area contributed by atoms with Crippen molar-refractivity contribution < 1.29 is 13.6 Å². The van der Waals surface area contributed by atoms with Crippen LogP contribution in [-0.4, -0.2) is 30.8 Å². The number of aromatic nitrogens is 5. The SMILES string of the molecule is CC1C=C(c2ccc3nnc(C(F)(F)c4ccc5ncccc5c4)n3n2)ON1. The number of rotatable bonds is 3. The van der Waals surface area contributed by atoms with Crippen molar-refractivity contribution in [1.29, 1.82) is 0 Å². The maximum Gasteiger partial charge on any atom is 0.333 e. The van der Waals surface area contributed by atoms with Crippen LogP contribution in [0.1, 0.15) is 24.0 Å². The second-order valence-corrected chi connectivity index (χ2v) is 6.54. The van der Waals surface area contributed by atoms with Crippen LogP contribution in [0.4, 0.5) is 8.78 Å². The number of hydroxylamine groups is 1. The Morgan fingerprint density at radius 3 is 2.86 bits per heavy atom. The highest BCUT2D eigenvalue weighted by Crippen LogP contribution is 2.35. The molecule has 0 saturated carbocycles. The number of hydrogen-bond acceptors (Lipinski definition) is 6. The van der Waals surface area contributed by atoms with Gasteiger partial charge in [-0.1, -0.05) is 12.1 Å². The molecule has 0 fully saturated rings. The minimum absolute atomic E-state index is 0.000491. The van der Waals surface area contributed by atoms with Gasteiger partial charge >= 0.3 is 5.92 Å². The summed E-state index contributed by atoms with van der Waals surface area (Å²) in [7, 11) is 0. The molecule has 0 bridgehead atoms. The zero-order valence-electron chi connectivity index (χ0n) is 14.7. The Labute approximate surface area is 157 Å². The van der Waals surface area contributed by atoms with Crippen LogP contribution < -0.4 is 5.48 Å². The molecule has 1 N–H and O–H groups in total. The first-order valence-corrected chi connectivity index (χ1v) is 8.63. The molecule has 4 aromatic rings. The van der Waals surface area contributed by atoms with Crippen LogP contribution in [0.5, 0.6) is 0 Å². The van der Waals surface area contributed by atoms with Crippen LogP contribution >= 0.6 is 0 Å². The Morgan fingerprint density at radius 2 is 2.04 bits per heavy atom. The van der Waals surface area contributed by atoms with Gasteiger partial charge in [-0.2, -0.15) is 18.4 Å². The van der Waals surface area contributed by atoms with E-state index < -0.39 is 11.7 Å². The zero-order valence-corrected chi connectivity index (χ0v) is 14.7. The molecule has 1 atom stereocenters. The molecule has 1 aliphatic rings.